The van der Waals surface area contributed by atoms with E-state index < -0.39 is 5.97 Å². The van der Waals surface area contributed by atoms with Crippen LogP contribution in [0.3, 0.4) is 0 Å². The number of esters is 1. The third kappa shape index (κ3) is 4.21. The maximum absolute atomic E-state index is 12.5. The summed E-state index contributed by atoms with van der Waals surface area (Å²) < 4.78 is 5.85. The van der Waals surface area contributed by atoms with Crippen LogP contribution in [0.25, 0.3) is 6.08 Å². The summed E-state index contributed by atoms with van der Waals surface area (Å²) in [6.07, 6.45) is 8.51. The monoisotopic (exact) mass is 362 g/mol. The Morgan fingerprint density at radius 2 is 2.17 bits per heavy atom. The quantitative estimate of drug-likeness (QED) is 0.466. The smallest absolute Gasteiger partial charge is 0.326 e. The minimum atomic E-state index is -0.391. The van der Waals surface area contributed by atoms with Crippen molar-refractivity contribution in [2.24, 2.45) is 0 Å². The number of hydrogen-bond donors (Lipinski definition) is 0. The summed E-state index contributed by atoms with van der Waals surface area (Å²) >= 11 is 6.42. The number of pyridine rings is 1. The van der Waals surface area contributed by atoms with Crippen molar-refractivity contribution in [1.29, 1.82) is 0 Å². The van der Waals surface area contributed by atoms with Gasteiger partial charge in [-0.2, -0.15) is 0 Å². The lowest BCUT2D eigenvalue weighted by atomic mass is 9.98. The molecule has 0 atom stereocenters. The standard InChI is InChI=1S/C17H18N2O3S2/c20-15(22-13-7-2-1-3-8-13)11-19-16(21)14(24-17(19)23)10-12-6-4-5-9-18-12/h4-6,9-10,13H,1-3,7-8,11H2/b14-10-. The van der Waals surface area contributed by atoms with Crippen molar-refractivity contribution in [2.75, 3.05) is 6.54 Å². The van der Waals surface area contributed by atoms with E-state index in [0.717, 1.165) is 25.7 Å². The molecular weight excluding hydrogens is 344 g/mol. The number of amides is 1. The van der Waals surface area contributed by atoms with E-state index in [-0.39, 0.29) is 18.6 Å². The summed E-state index contributed by atoms with van der Waals surface area (Å²) in [5.74, 6) is -0.659. The van der Waals surface area contributed by atoms with Gasteiger partial charge in [0.05, 0.1) is 10.6 Å². The average Bonchev–Trinajstić information content (AvgIpc) is 2.84. The number of nitrogens with zero attached hydrogens (tertiary/aromatic N) is 2. The van der Waals surface area contributed by atoms with E-state index in [1.54, 1.807) is 12.3 Å². The Kier molecular flexibility index (Phi) is 5.63. The summed E-state index contributed by atoms with van der Waals surface area (Å²) in [5, 5.41) is 0. The van der Waals surface area contributed by atoms with Gasteiger partial charge in [-0.15, -0.1) is 0 Å². The first kappa shape index (κ1) is 17.1. The molecule has 1 aromatic heterocycles. The number of ether oxygens (including phenoxy) is 1. The van der Waals surface area contributed by atoms with Crippen molar-refractivity contribution < 1.29 is 14.3 Å². The van der Waals surface area contributed by atoms with Crippen LogP contribution < -0.4 is 0 Å². The summed E-state index contributed by atoms with van der Waals surface area (Å²) in [7, 11) is 0. The van der Waals surface area contributed by atoms with Crippen molar-refractivity contribution in [2.45, 2.75) is 38.2 Å². The molecule has 126 valence electrons. The molecule has 1 saturated heterocycles. The highest BCUT2D eigenvalue weighted by Gasteiger charge is 2.34. The van der Waals surface area contributed by atoms with Crippen LogP contribution in [-0.4, -0.2) is 38.7 Å². The van der Waals surface area contributed by atoms with Gasteiger partial charge in [0.25, 0.3) is 5.91 Å². The minimum absolute atomic E-state index is 0.0197. The van der Waals surface area contributed by atoms with Gasteiger partial charge in [-0.3, -0.25) is 19.5 Å². The van der Waals surface area contributed by atoms with Gasteiger partial charge in [0.1, 0.15) is 17.0 Å². The molecule has 0 N–H and O–H groups in total. The van der Waals surface area contributed by atoms with Crippen LogP contribution in [0, 0.1) is 0 Å². The number of rotatable bonds is 4. The first-order chi connectivity index (χ1) is 11.6. The first-order valence-electron chi connectivity index (χ1n) is 7.99. The van der Waals surface area contributed by atoms with Gasteiger partial charge in [0, 0.05) is 6.20 Å². The molecule has 3 rings (SSSR count). The number of carbonyl (C=O) groups excluding carboxylic acids is 2. The molecule has 1 aliphatic heterocycles. The van der Waals surface area contributed by atoms with E-state index in [2.05, 4.69) is 4.98 Å². The minimum Gasteiger partial charge on any atom is -0.461 e. The lowest BCUT2D eigenvalue weighted by Gasteiger charge is -2.23. The number of hydrogen-bond acceptors (Lipinski definition) is 6. The maximum atomic E-state index is 12.5. The highest BCUT2D eigenvalue weighted by Crippen LogP contribution is 2.32. The van der Waals surface area contributed by atoms with Gasteiger partial charge in [-0.1, -0.05) is 36.5 Å². The van der Waals surface area contributed by atoms with Crippen molar-refractivity contribution in [3.05, 3.63) is 35.0 Å². The van der Waals surface area contributed by atoms with Crippen molar-refractivity contribution in [1.82, 2.24) is 9.88 Å². The molecule has 1 amide bonds. The van der Waals surface area contributed by atoms with E-state index in [1.165, 1.54) is 23.1 Å². The van der Waals surface area contributed by atoms with E-state index in [1.807, 2.05) is 18.2 Å². The largest absolute Gasteiger partial charge is 0.461 e. The molecule has 2 aliphatic rings. The Morgan fingerprint density at radius 1 is 1.38 bits per heavy atom. The molecule has 1 saturated carbocycles. The van der Waals surface area contributed by atoms with E-state index in [4.69, 9.17) is 17.0 Å². The van der Waals surface area contributed by atoms with Gasteiger partial charge >= 0.3 is 5.97 Å². The SMILES string of the molecule is O=C(CN1C(=O)/C(=C/c2ccccn2)SC1=S)OC1CCCCC1. The van der Waals surface area contributed by atoms with Gasteiger partial charge in [-0.25, -0.2) is 0 Å². The van der Waals surface area contributed by atoms with Gasteiger partial charge in [0.2, 0.25) is 0 Å². The van der Waals surface area contributed by atoms with Crippen molar-refractivity contribution in [3.8, 4) is 0 Å². The third-order valence-corrected chi connectivity index (χ3v) is 5.36. The first-order valence-corrected chi connectivity index (χ1v) is 9.22. The fourth-order valence-corrected chi connectivity index (χ4v) is 4.01. The topological polar surface area (TPSA) is 59.5 Å². The lowest BCUT2D eigenvalue weighted by molar-refractivity contribution is -0.152. The van der Waals surface area contributed by atoms with Gasteiger partial charge < -0.3 is 4.74 Å². The fourth-order valence-electron chi connectivity index (χ4n) is 2.77. The zero-order chi connectivity index (χ0) is 16.9. The Balaban J connectivity index is 1.61. The molecule has 1 aromatic rings. The second-order valence-electron chi connectivity index (χ2n) is 5.77. The fraction of sp³-hybridized carbons (Fsp3) is 0.412. The molecule has 7 heteroatoms. The normalized spacial score (nSPS) is 20.7. The van der Waals surface area contributed by atoms with Crippen LogP contribution >= 0.6 is 24.0 Å². The Hall–Kier alpha value is -1.73. The Morgan fingerprint density at radius 3 is 2.88 bits per heavy atom. The van der Waals surface area contributed by atoms with E-state index in [9.17, 15) is 9.59 Å². The van der Waals surface area contributed by atoms with Gasteiger partial charge in [-0.05, 0) is 43.9 Å². The summed E-state index contributed by atoms with van der Waals surface area (Å²) in [4.78, 5) is 30.5. The second-order valence-corrected chi connectivity index (χ2v) is 7.45. The Labute approximate surface area is 150 Å². The molecule has 2 fully saturated rings. The highest BCUT2D eigenvalue weighted by molar-refractivity contribution is 8.26. The zero-order valence-corrected chi connectivity index (χ0v) is 14.8. The van der Waals surface area contributed by atoms with Crippen LogP contribution in [-0.2, 0) is 14.3 Å². The average molecular weight is 362 g/mol. The zero-order valence-electron chi connectivity index (χ0n) is 13.1. The van der Waals surface area contributed by atoms with Crippen LogP contribution in [0.15, 0.2) is 29.3 Å². The number of thiocarbonyl (C=S) groups is 1. The molecule has 0 radical (unpaired) electrons. The molecule has 5 nitrogen and oxygen atoms in total. The van der Waals surface area contributed by atoms with Crippen LogP contribution in [0.2, 0.25) is 0 Å². The summed E-state index contributed by atoms with van der Waals surface area (Å²) in [5.41, 5.74) is 0.683. The summed E-state index contributed by atoms with van der Waals surface area (Å²) in [6.45, 7) is -0.124. The number of aromatic nitrogens is 1. The van der Waals surface area contributed by atoms with Gasteiger partial charge in [0.15, 0.2) is 0 Å². The predicted octanol–water partition coefficient (Wildman–Crippen LogP) is 3.16. The van der Waals surface area contributed by atoms with E-state index >= 15 is 0 Å². The molecule has 0 bridgehead atoms. The molecule has 0 unspecified atom stereocenters. The highest BCUT2D eigenvalue weighted by atomic mass is 32.2. The summed E-state index contributed by atoms with van der Waals surface area (Å²) in [6, 6.07) is 5.47. The molecule has 0 aromatic carbocycles. The molecular formula is C17H18N2O3S2. The third-order valence-electron chi connectivity index (χ3n) is 3.98. The number of carbonyl (C=O) groups is 2. The van der Waals surface area contributed by atoms with Crippen molar-refractivity contribution in [3.63, 3.8) is 0 Å². The van der Waals surface area contributed by atoms with Crippen LogP contribution in [0.5, 0.6) is 0 Å². The molecule has 1 aliphatic carbocycles. The molecule has 0 spiro atoms. The lowest BCUT2D eigenvalue weighted by Crippen LogP contribution is -2.36. The van der Waals surface area contributed by atoms with Crippen molar-refractivity contribution >= 4 is 46.3 Å². The molecule has 24 heavy (non-hydrogen) atoms. The molecule has 2 heterocycles. The Bertz CT molecular complexity index is 670. The predicted molar refractivity (Wildman–Crippen MR) is 97.1 cm³/mol. The van der Waals surface area contributed by atoms with Crippen LogP contribution in [0.1, 0.15) is 37.8 Å². The number of thioether (sulfide) groups is 1. The second kappa shape index (κ2) is 7.90. The van der Waals surface area contributed by atoms with E-state index in [0.29, 0.717) is 14.9 Å². The maximum Gasteiger partial charge on any atom is 0.326 e. The van der Waals surface area contributed by atoms with Crippen LogP contribution in [0.4, 0.5) is 0 Å².